The van der Waals surface area contributed by atoms with Gasteiger partial charge in [-0.1, -0.05) is 68.9 Å². The van der Waals surface area contributed by atoms with Gasteiger partial charge in [-0.05, 0) is 35.6 Å². The van der Waals surface area contributed by atoms with E-state index in [0.29, 0.717) is 0 Å². The van der Waals surface area contributed by atoms with Gasteiger partial charge in [-0.2, -0.15) is 5.10 Å². The van der Waals surface area contributed by atoms with Gasteiger partial charge in [0, 0.05) is 6.54 Å². The van der Waals surface area contributed by atoms with Gasteiger partial charge >= 0.3 is 0 Å². The van der Waals surface area contributed by atoms with Crippen LogP contribution in [0.2, 0.25) is 0 Å². The van der Waals surface area contributed by atoms with Gasteiger partial charge in [0.2, 0.25) is 0 Å². The largest absolute Gasteiger partial charge is 0.319 e. The van der Waals surface area contributed by atoms with Crippen molar-refractivity contribution < 1.29 is 4.79 Å². The number of aryl methyl sites for hydroxylation is 1. The summed E-state index contributed by atoms with van der Waals surface area (Å²) in [6.45, 7) is 9.43. The minimum absolute atomic E-state index is 0.121. The molecule has 0 unspecified atom stereocenters. The van der Waals surface area contributed by atoms with Crippen molar-refractivity contribution in [2.24, 2.45) is 5.10 Å². The quantitative estimate of drug-likeness (QED) is 0.378. The van der Waals surface area contributed by atoms with Crippen molar-refractivity contribution in [1.29, 1.82) is 0 Å². The zero-order valence-electron chi connectivity index (χ0n) is 16.8. The van der Waals surface area contributed by atoms with Gasteiger partial charge in [-0.3, -0.25) is 4.79 Å². The number of hydrazone groups is 1. The lowest BCUT2D eigenvalue weighted by Crippen LogP contribution is -2.20. The number of nitrogens with one attached hydrogen (secondary N) is 1. The molecule has 6 heteroatoms. The van der Waals surface area contributed by atoms with Crippen LogP contribution in [0.5, 0.6) is 0 Å². The Hall–Kier alpha value is -2.60. The molecule has 0 spiro atoms. The molecule has 0 aliphatic heterocycles. The van der Waals surface area contributed by atoms with Crippen molar-refractivity contribution in [2.45, 2.75) is 44.8 Å². The fraction of sp³-hybridized carbons (Fsp3) is 0.318. The first-order valence-corrected chi connectivity index (χ1v) is 10.4. The average Bonchev–Trinajstić information content (AvgIpc) is 3.03. The van der Waals surface area contributed by atoms with Crippen LogP contribution in [-0.4, -0.2) is 27.4 Å². The summed E-state index contributed by atoms with van der Waals surface area (Å²) in [7, 11) is 0. The Kier molecular flexibility index (Phi) is 6.19. The van der Waals surface area contributed by atoms with Crippen LogP contribution in [0.1, 0.15) is 38.8 Å². The van der Waals surface area contributed by atoms with Crippen LogP contribution in [0.25, 0.3) is 11.0 Å². The van der Waals surface area contributed by atoms with Crippen molar-refractivity contribution in [1.82, 2.24) is 15.0 Å². The van der Waals surface area contributed by atoms with E-state index >= 15 is 0 Å². The third-order valence-corrected chi connectivity index (χ3v) is 5.42. The summed E-state index contributed by atoms with van der Waals surface area (Å²) in [5.41, 5.74) is 6.97. The number of imidazole rings is 1. The van der Waals surface area contributed by atoms with Crippen molar-refractivity contribution in [2.75, 3.05) is 5.75 Å². The SMILES string of the molecule is CCn1c(SCC(=O)NN=Cc2ccc(C(C)(C)C)cc2)nc2ccccc21. The molecule has 0 aliphatic rings. The van der Waals surface area contributed by atoms with E-state index in [1.54, 1.807) is 6.21 Å². The lowest BCUT2D eigenvalue weighted by molar-refractivity contribution is -0.118. The summed E-state index contributed by atoms with van der Waals surface area (Å²) < 4.78 is 2.12. The second kappa shape index (κ2) is 8.61. The van der Waals surface area contributed by atoms with E-state index in [2.05, 4.69) is 59.9 Å². The number of nitrogens with zero attached hydrogens (tertiary/aromatic N) is 3. The minimum Gasteiger partial charge on any atom is -0.319 e. The number of aromatic nitrogens is 2. The number of carbonyl (C=O) groups excluding carboxylic acids is 1. The Labute approximate surface area is 170 Å². The normalized spacial score (nSPS) is 12.0. The Bertz CT molecular complexity index is 984. The first-order chi connectivity index (χ1) is 13.4. The molecule has 0 saturated heterocycles. The van der Waals surface area contributed by atoms with E-state index in [4.69, 9.17) is 0 Å². The van der Waals surface area contributed by atoms with Gasteiger partial charge in [-0.15, -0.1) is 0 Å². The summed E-state index contributed by atoms with van der Waals surface area (Å²) in [6, 6.07) is 16.2. The molecule has 146 valence electrons. The zero-order valence-corrected chi connectivity index (χ0v) is 17.6. The van der Waals surface area contributed by atoms with Gasteiger partial charge in [0.1, 0.15) is 0 Å². The molecule has 3 rings (SSSR count). The van der Waals surface area contributed by atoms with Crippen LogP contribution < -0.4 is 5.43 Å². The van der Waals surface area contributed by atoms with E-state index in [1.165, 1.54) is 17.3 Å². The molecule has 1 amide bonds. The minimum atomic E-state index is -0.151. The monoisotopic (exact) mass is 394 g/mol. The number of benzene rings is 2. The lowest BCUT2D eigenvalue weighted by Gasteiger charge is -2.18. The van der Waals surface area contributed by atoms with Gasteiger partial charge in [0.05, 0.1) is 23.0 Å². The topological polar surface area (TPSA) is 59.3 Å². The first-order valence-electron chi connectivity index (χ1n) is 9.39. The molecule has 0 fully saturated rings. The maximum atomic E-state index is 12.1. The molecule has 1 heterocycles. The van der Waals surface area contributed by atoms with E-state index < -0.39 is 0 Å². The summed E-state index contributed by atoms with van der Waals surface area (Å²) in [6.07, 6.45) is 1.66. The number of rotatable bonds is 6. The second-order valence-corrected chi connectivity index (χ2v) is 8.52. The fourth-order valence-corrected chi connectivity index (χ4v) is 3.75. The number of fused-ring (bicyclic) bond motifs is 1. The highest BCUT2D eigenvalue weighted by molar-refractivity contribution is 7.99. The predicted molar refractivity (Wildman–Crippen MR) is 117 cm³/mol. The molecule has 5 nitrogen and oxygen atoms in total. The van der Waals surface area contributed by atoms with Crippen molar-refractivity contribution >= 4 is 34.9 Å². The molecule has 0 saturated carbocycles. The maximum absolute atomic E-state index is 12.1. The molecular weight excluding hydrogens is 368 g/mol. The van der Waals surface area contributed by atoms with Crippen LogP contribution in [0.3, 0.4) is 0 Å². The second-order valence-electron chi connectivity index (χ2n) is 7.58. The van der Waals surface area contributed by atoms with Crippen molar-refractivity contribution in [3.63, 3.8) is 0 Å². The Morgan fingerprint density at radius 1 is 1.18 bits per heavy atom. The van der Waals surface area contributed by atoms with Gasteiger partial charge < -0.3 is 4.57 Å². The predicted octanol–water partition coefficient (Wildman–Crippen LogP) is 4.60. The summed E-state index contributed by atoms with van der Waals surface area (Å²) in [5.74, 6) is 0.117. The maximum Gasteiger partial charge on any atom is 0.250 e. The molecule has 1 N–H and O–H groups in total. The van der Waals surface area contributed by atoms with Crippen LogP contribution in [0.4, 0.5) is 0 Å². The van der Waals surface area contributed by atoms with E-state index in [1.807, 2.05) is 36.4 Å². The van der Waals surface area contributed by atoms with Crippen LogP contribution in [0.15, 0.2) is 58.8 Å². The van der Waals surface area contributed by atoms with E-state index in [0.717, 1.165) is 28.3 Å². The molecular formula is C22H26N4OS. The number of hydrogen-bond donors (Lipinski definition) is 1. The highest BCUT2D eigenvalue weighted by atomic mass is 32.2. The van der Waals surface area contributed by atoms with Crippen LogP contribution in [0, 0.1) is 0 Å². The Morgan fingerprint density at radius 3 is 2.57 bits per heavy atom. The summed E-state index contributed by atoms with van der Waals surface area (Å²) >= 11 is 1.42. The fourth-order valence-electron chi connectivity index (χ4n) is 2.88. The standard InChI is InChI=1S/C22H26N4OS/c1-5-26-19-9-7-6-8-18(19)24-21(26)28-15-20(27)25-23-14-16-10-12-17(13-11-16)22(2,3)4/h6-14H,5,15H2,1-4H3,(H,25,27). The molecule has 2 aromatic carbocycles. The summed E-state index contributed by atoms with van der Waals surface area (Å²) in [4.78, 5) is 16.7. The van der Waals surface area contributed by atoms with Crippen LogP contribution in [-0.2, 0) is 16.8 Å². The molecule has 1 aromatic heterocycles. The van der Waals surface area contributed by atoms with Crippen molar-refractivity contribution in [3.8, 4) is 0 Å². The van der Waals surface area contributed by atoms with Crippen molar-refractivity contribution in [3.05, 3.63) is 59.7 Å². The number of hydrogen-bond acceptors (Lipinski definition) is 4. The molecule has 0 radical (unpaired) electrons. The molecule has 0 atom stereocenters. The van der Waals surface area contributed by atoms with Gasteiger partial charge in [0.25, 0.3) is 5.91 Å². The van der Waals surface area contributed by atoms with Gasteiger partial charge in [0.15, 0.2) is 5.16 Å². The highest BCUT2D eigenvalue weighted by Gasteiger charge is 2.13. The molecule has 3 aromatic rings. The molecule has 28 heavy (non-hydrogen) atoms. The number of para-hydroxylation sites is 2. The zero-order chi connectivity index (χ0) is 20.1. The smallest absolute Gasteiger partial charge is 0.250 e. The third kappa shape index (κ3) is 4.81. The number of carbonyl (C=O) groups is 1. The van der Waals surface area contributed by atoms with E-state index in [9.17, 15) is 4.79 Å². The Balaban J connectivity index is 1.56. The highest BCUT2D eigenvalue weighted by Crippen LogP contribution is 2.24. The average molecular weight is 395 g/mol. The van der Waals surface area contributed by atoms with Crippen LogP contribution >= 0.6 is 11.8 Å². The Morgan fingerprint density at radius 2 is 1.89 bits per heavy atom. The third-order valence-electron chi connectivity index (χ3n) is 4.45. The summed E-state index contributed by atoms with van der Waals surface area (Å²) in [5, 5.41) is 4.91. The van der Waals surface area contributed by atoms with Gasteiger partial charge in [-0.25, -0.2) is 10.4 Å². The number of amides is 1. The molecule has 0 aliphatic carbocycles. The first kappa shape index (κ1) is 20.1. The molecule has 0 bridgehead atoms. The van der Waals surface area contributed by atoms with E-state index in [-0.39, 0.29) is 17.1 Å². The lowest BCUT2D eigenvalue weighted by atomic mass is 9.87. The number of thioether (sulfide) groups is 1.